The Morgan fingerprint density at radius 3 is 3.00 bits per heavy atom. The second-order valence-electron chi connectivity index (χ2n) is 2.09. The third-order valence-corrected chi connectivity index (χ3v) is 1.46. The summed E-state index contributed by atoms with van der Waals surface area (Å²) in [7, 11) is 0. The molecule has 3 N–H and O–H groups in total. The zero-order valence-corrected chi connectivity index (χ0v) is 5.09. The van der Waals surface area contributed by atoms with Gasteiger partial charge in [0.25, 0.3) is 0 Å². The van der Waals surface area contributed by atoms with Crippen molar-refractivity contribution in [2.45, 2.75) is 18.9 Å². The van der Waals surface area contributed by atoms with E-state index in [-0.39, 0.29) is 12.0 Å². The first-order valence-electron chi connectivity index (χ1n) is 2.98. The maximum Gasteiger partial charge on any atom is 0.341 e. The second kappa shape index (κ2) is 2.80. The monoisotopic (exact) mass is 130 g/mol. The predicted molar refractivity (Wildman–Crippen MR) is 31.3 cm³/mol. The second-order valence-corrected chi connectivity index (χ2v) is 2.09. The molecule has 0 saturated carbocycles. The minimum atomic E-state index is -0.354. The van der Waals surface area contributed by atoms with Gasteiger partial charge in [-0.05, 0) is 19.4 Å². The van der Waals surface area contributed by atoms with Crippen LogP contribution in [0.15, 0.2) is 0 Å². The van der Waals surface area contributed by atoms with Gasteiger partial charge in [0.2, 0.25) is 0 Å². The number of hydrogen-bond acceptors (Lipinski definition) is 4. The molecule has 1 atom stereocenters. The number of carbonyl (C=O) groups excluding carboxylic acids is 1. The molecule has 1 heterocycles. The highest BCUT2D eigenvalue weighted by molar-refractivity contribution is 5.75. The van der Waals surface area contributed by atoms with Crippen LogP contribution in [0.3, 0.4) is 0 Å². The average Bonchev–Trinajstić information content (AvgIpc) is 2.37. The van der Waals surface area contributed by atoms with Crippen LogP contribution < -0.4 is 11.2 Å². The Labute approximate surface area is 53.3 Å². The van der Waals surface area contributed by atoms with Crippen molar-refractivity contribution in [1.82, 2.24) is 5.32 Å². The van der Waals surface area contributed by atoms with Gasteiger partial charge in [0.1, 0.15) is 6.04 Å². The lowest BCUT2D eigenvalue weighted by Gasteiger charge is -2.03. The highest BCUT2D eigenvalue weighted by atomic mass is 16.7. The minimum absolute atomic E-state index is 0.157. The first-order valence-corrected chi connectivity index (χ1v) is 2.98. The Morgan fingerprint density at radius 2 is 2.56 bits per heavy atom. The largest absolute Gasteiger partial charge is 0.372 e. The molecule has 1 aliphatic heterocycles. The molecule has 1 rings (SSSR count). The van der Waals surface area contributed by atoms with Crippen LogP contribution in [0.1, 0.15) is 12.8 Å². The summed E-state index contributed by atoms with van der Waals surface area (Å²) in [6, 6.07) is -0.157. The van der Waals surface area contributed by atoms with E-state index in [0.29, 0.717) is 0 Å². The molecule has 1 saturated heterocycles. The SMILES string of the molecule is NOC(=O)[C@@H]1CCCN1. The summed E-state index contributed by atoms with van der Waals surface area (Å²) in [5, 5.41) is 2.95. The molecule has 9 heavy (non-hydrogen) atoms. The van der Waals surface area contributed by atoms with Gasteiger partial charge in [-0.2, -0.15) is 5.90 Å². The van der Waals surface area contributed by atoms with Crippen LogP contribution in [0.25, 0.3) is 0 Å². The van der Waals surface area contributed by atoms with Crippen LogP contribution >= 0.6 is 0 Å². The summed E-state index contributed by atoms with van der Waals surface area (Å²) >= 11 is 0. The topological polar surface area (TPSA) is 64.3 Å². The van der Waals surface area contributed by atoms with Crippen LogP contribution in [0.4, 0.5) is 0 Å². The van der Waals surface area contributed by atoms with Crippen molar-refractivity contribution >= 4 is 5.97 Å². The lowest BCUT2D eigenvalue weighted by atomic mass is 10.2. The van der Waals surface area contributed by atoms with Gasteiger partial charge in [0.15, 0.2) is 0 Å². The molecule has 0 bridgehead atoms. The van der Waals surface area contributed by atoms with Crippen LogP contribution in [0, 0.1) is 0 Å². The fraction of sp³-hybridized carbons (Fsp3) is 0.800. The number of nitrogens with two attached hydrogens (primary N) is 1. The zero-order valence-electron chi connectivity index (χ0n) is 5.09. The quantitative estimate of drug-likeness (QED) is 0.454. The molecule has 0 spiro atoms. The molecule has 0 aliphatic carbocycles. The molecule has 4 nitrogen and oxygen atoms in total. The number of nitrogens with one attached hydrogen (secondary N) is 1. The van der Waals surface area contributed by atoms with Gasteiger partial charge in [0.05, 0.1) is 0 Å². The standard InChI is InChI=1S/C5H10N2O2/c6-9-5(8)4-2-1-3-7-4/h4,7H,1-3,6H2/t4-/m0/s1. The van der Waals surface area contributed by atoms with E-state index in [2.05, 4.69) is 16.1 Å². The predicted octanol–water partition coefficient (Wildman–Crippen LogP) is -0.845. The van der Waals surface area contributed by atoms with Crippen LogP contribution in [0.2, 0.25) is 0 Å². The highest BCUT2D eigenvalue weighted by Crippen LogP contribution is 2.04. The van der Waals surface area contributed by atoms with Gasteiger partial charge >= 0.3 is 5.97 Å². The number of rotatable bonds is 1. The molecule has 0 aromatic carbocycles. The highest BCUT2D eigenvalue weighted by Gasteiger charge is 2.22. The van der Waals surface area contributed by atoms with E-state index in [0.717, 1.165) is 19.4 Å². The van der Waals surface area contributed by atoms with Crippen molar-refractivity contribution in [3.05, 3.63) is 0 Å². The van der Waals surface area contributed by atoms with E-state index in [9.17, 15) is 4.79 Å². The Bertz CT molecular complexity index is 110. The fourth-order valence-corrected chi connectivity index (χ4v) is 0.968. The van der Waals surface area contributed by atoms with Gasteiger partial charge < -0.3 is 10.2 Å². The van der Waals surface area contributed by atoms with E-state index in [1.165, 1.54) is 0 Å². The smallest absolute Gasteiger partial charge is 0.341 e. The third kappa shape index (κ3) is 1.40. The van der Waals surface area contributed by atoms with Crippen molar-refractivity contribution in [3.8, 4) is 0 Å². The van der Waals surface area contributed by atoms with E-state index >= 15 is 0 Å². The summed E-state index contributed by atoms with van der Waals surface area (Å²) in [4.78, 5) is 14.6. The molecule has 52 valence electrons. The summed E-state index contributed by atoms with van der Waals surface area (Å²) in [5.74, 6) is 4.31. The molecule has 0 aromatic heterocycles. The molecule has 0 unspecified atom stereocenters. The van der Waals surface area contributed by atoms with E-state index < -0.39 is 0 Å². The minimum Gasteiger partial charge on any atom is -0.372 e. The summed E-state index contributed by atoms with van der Waals surface area (Å²) in [6.45, 7) is 0.889. The van der Waals surface area contributed by atoms with E-state index in [1.54, 1.807) is 0 Å². The van der Waals surface area contributed by atoms with Gasteiger partial charge in [-0.1, -0.05) is 0 Å². The number of hydrogen-bond donors (Lipinski definition) is 2. The fourth-order valence-electron chi connectivity index (χ4n) is 0.968. The molecular weight excluding hydrogens is 120 g/mol. The molecule has 0 amide bonds. The van der Waals surface area contributed by atoms with Crippen molar-refractivity contribution < 1.29 is 9.63 Å². The molecule has 4 heteroatoms. The van der Waals surface area contributed by atoms with Crippen molar-refractivity contribution in [3.63, 3.8) is 0 Å². The van der Waals surface area contributed by atoms with Crippen molar-refractivity contribution in [2.24, 2.45) is 5.90 Å². The molecule has 0 aromatic rings. The van der Waals surface area contributed by atoms with Gasteiger partial charge in [-0.15, -0.1) is 0 Å². The lowest BCUT2D eigenvalue weighted by molar-refractivity contribution is -0.146. The van der Waals surface area contributed by atoms with Gasteiger partial charge in [-0.25, -0.2) is 4.79 Å². The van der Waals surface area contributed by atoms with Crippen LogP contribution in [0.5, 0.6) is 0 Å². The zero-order chi connectivity index (χ0) is 6.69. The Hall–Kier alpha value is -0.610. The van der Waals surface area contributed by atoms with Crippen LogP contribution in [-0.4, -0.2) is 18.6 Å². The normalized spacial score (nSPS) is 26.1. The summed E-state index contributed by atoms with van der Waals surface area (Å²) < 4.78 is 0. The van der Waals surface area contributed by atoms with Crippen molar-refractivity contribution in [1.29, 1.82) is 0 Å². The van der Waals surface area contributed by atoms with E-state index in [4.69, 9.17) is 0 Å². The first-order chi connectivity index (χ1) is 4.34. The lowest BCUT2D eigenvalue weighted by Crippen LogP contribution is -2.33. The average molecular weight is 130 g/mol. The maximum atomic E-state index is 10.6. The number of carbonyl (C=O) groups is 1. The Kier molecular flexibility index (Phi) is 2.02. The first kappa shape index (κ1) is 6.51. The Balaban J connectivity index is 2.32. The van der Waals surface area contributed by atoms with Gasteiger partial charge in [-0.3, -0.25) is 0 Å². The molecule has 1 fully saturated rings. The van der Waals surface area contributed by atoms with Crippen molar-refractivity contribution in [2.75, 3.05) is 6.54 Å². The van der Waals surface area contributed by atoms with Gasteiger partial charge in [0, 0.05) is 0 Å². The third-order valence-electron chi connectivity index (χ3n) is 1.46. The molecular formula is C5H10N2O2. The molecule has 1 aliphatic rings. The summed E-state index contributed by atoms with van der Waals surface area (Å²) in [6.07, 6.45) is 1.87. The maximum absolute atomic E-state index is 10.6. The molecule has 0 radical (unpaired) electrons. The summed E-state index contributed by atoms with van der Waals surface area (Å²) in [5.41, 5.74) is 0. The van der Waals surface area contributed by atoms with Crippen LogP contribution in [-0.2, 0) is 9.63 Å². The Morgan fingerprint density at radius 1 is 1.78 bits per heavy atom. The van der Waals surface area contributed by atoms with E-state index in [1.807, 2.05) is 0 Å².